The van der Waals surface area contributed by atoms with Crippen molar-refractivity contribution in [1.29, 1.82) is 0 Å². The Kier molecular flexibility index (Phi) is 5.52. The molecule has 2 aliphatic heterocycles. The van der Waals surface area contributed by atoms with Gasteiger partial charge in [-0.3, -0.25) is 9.36 Å². The van der Waals surface area contributed by atoms with Crippen molar-refractivity contribution in [2.45, 2.75) is 70.3 Å². The first-order valence-corrected chi connectivity index (χ1v) is 10.6. The molecule has 1 saturated heterocycles. The van der Waals surface area contributed by atoms with E-state index in [9.17, 15) is 18.0 Å². The first-order chi connectivity index (χ1) is 13.8. The Hall–Kier alpha value is -1.77. The number of hydrogen-bond donors (Lipinski definition) is 0. The molecule has 2 fully saturated rings. The highest BCUT2D eigenvalue weighted by molar-refractivity contribution is 5.48. The fourth-order valence-corrected chi connectivity index (χ4v) is 4.35. The van der Waals surface area contributed by atoms with Gasteiger partial charge in [0.2, 0.25) is 5.95 Å². The Morgan fingerprint density at radius 1 is 1.31 bits per heavy atom. The van der Waals surface area contributed by atoms with Gasteiger partial charge >= 0.3 is 0 Å². The van der Waals surface area contributed by atoms with E-state index in [4.69, 9.17) is 4.74 Å². The molecule has 1 aromatic rings. The number of nitrogens with zero attached hydrogens (tertiary/aromatic N) is 4. The highest BCUT2D eigenvalue weighted by atomic mass is 19.3. The number of rotatable bonds is 6. The van der Waals surface area contributed by atoms with Gasteiger partial charge in [0.15, 0.2) is 0 Å². The van der Waals surface area contributed by atoms with Crippen LogP contribution in [0.15, 0.2) is 10.9 Å². The van der Waals surface area contributed by atoms with Crippen molar-refractivity contribution in [3.8, 4) is 0 Å². The highest BCUT2D eigenvalue weighted by Gasteiger charge is 2.47. The van der Waals surface area contributed by atoms with Crippen LogP contribution in [0.2, 0.25) is 0 Å². The Labute approximate surface area is 168 Å². The Balaban J connectivity index is 1.74. The lowest BCUT2D eigenvalue weighted by Crippen LogP contribution is -2.56. The van der Waals surface area contributed by atoms with Crippen LogP contribution in [0.3, 0.4) is 0 Å². The summed E-state index contributed by atoms with van der Waals surface area (Å²) in [4.78, 5) is 20.7. The van der Waals surface area contributed by atoms with Crippen molar-refractivity contribution in [1.82, 2.24) is 9.55 Å². The maximum atomic E-state index is 14.8. The van der Waals surface area contributed by atoms with E-state index in [2.05, 4.69) is 4.98 Å². The third-order valence-corrected chi connectivity index (χ3v) is 6.36. The van der Waals surface area contributed by atoms with Crippen molar-refractivity contribution in [2.24, 2.45) is 5.92 Å². The summed E-state index contributed by atoms with van der Waals surface area (Å²) >= 11 is 0. The summed E-state index contributed by atoms with van der Waals surface area (Å²) in [6.45, 7) is 5.00. The van der Waals surface area contributed by atoms with Gasteiger partial charge in [-0.05, 0) is 32.1 Å². The monoisotopic (exact) mass is 414 g/mol. The summed E-state index contributed by atoms with van der Waals surface area (Å²) in [7, 11) is 0. The summed E-state index contributed by atoms with van der Waals surface area (Å²) in [5.41, 5.74) is -0.284. The zero-order chi connectivity index (χ0) is 20.8. The van der Waals surface area contributed by atoms with Crippen molar-refractivity contribution < 1.29 is 17.9 Å². The zero-order valence-electron chi connectivity index (χ0n) is 17.0. The fourth-order valence-electron chi connectivity index (χ4n) is 4.35. The number of aromatic nitrogens is 2. The van der Waals surface area contributed by atoms with Crippen LogP contribution in [0.1, 0.15) is 39.5 Å². The van der Waals surface area contributed by atoms with Gasteiger partial charge in [-0.15, -0.1) is 0 Å². The second-order valence-electron chi connectivity index (χ2n) is 8.45. The van der Waals surface area contributed by atoms with Crippen LogP contribution in [0.25, 0.3) is 0 Å². The average Bonchev–Trinajstić information content (AvgIpc) is 3.54. The number of alkyl halides is 3. The molecule has 3 atom stereocenters. The number of halogens is 3. The molecule has 3 aliphatic rings. The van der Waals surface area contributed by atoms with Gasteiger partial charge in [0.25, 0.3) is 11.5 Å². The summed E-state index contributed by atoms with van der Waals surface area (Å²) in [6, 6.07) is 0.313. The van der Waals surface area contributed by atoms with Crippen molar-refractivity contribution >= 4 is 11.8 Å². The van der Waals surface area contributed by atoms with Crippen LogP contribution in [0.4, 0.5) is 24.9 Å². The Morgan fingerprint density at radius 3 is 2.72 bits per heavy atom. The summed E-state index contributed by atoms with van der Waals surface area (Å²) in [5, 5.41) is 0. The maximum absolute atomic E-state index is 14.8. The highest BCUT2D eigenvalue weighted by Crippen LogP contribution is 2.39. The molecule has 1 saturated carbocycles. The van der Waals surface area contributed by atoms with Crippen LogP contribution in [-0.4, -0.2) is 60.0 Å². The van der Waals surface area contributed by atoms with Gasteiger partial charge in [0, 0.05) is 25.6 Å². The normalized spacial score (nSPS) is 26.4. The van der Waals surface area contributed by atoms with Crippen molar-refractivity contribution in [2.75, 3.05) is 36.1 Å². The minimum Gasteiger partial charge on any atom is -0.377 e. The van der Waals surface area contributed by atoms with E-state index in [-0.39, 0.29) is 49.4 Å². The quantitative estimate of drug-likeness (QED) is 0.717. The molecule has 0 radical (unpaired) electrons. The van der Waals surface area contributed by atoms with E-state index < -0.39 is 18.1 Å². The Morgan fingerprint density at radius 2 is 2.07 bits per heavy atom. The molecule has 1 aliphatic carbocycles. The van der Waals surface area contributed by atoms with Gasteiger partial charge < -0.3 is 14.5 Å². The molecule has 1 aromatic heterocycles. The molecule has 3 heterocycles. The second kappa shape index (κ2) is 7.81. The molecule has 0 spiro atoms. The predicted molar refractivity (Wildman–Crippen MR) is 105 cm³/mol. The molecular formula is C20H29F3N4O2. The molecule has 0 bridgehead atoms. The summed E-state index contributed by atoms with van der Waals surface area (Å²) < 4.78 is 51.1. The van der Waals surface area contributed by atoms with E-state index in [1.807, 2.05) is 11.8 Å². The smallest absolute Gasteiger partial charge is 0.267 e. The maximum Gasteiger partial charge on any atom is 0.267 e. The molecule has 9 heteroatoms. The van der Waals surface area contributed by atoms with Crippen LogP contribution in [-0.2, 0) is 11.3 Å². The lowest BCUT2D eigenvalue weighted by atomic mass is 9.99. The molecule has 6 nitrogen and oxygen atoms in total. The van der Waals surface area contributed by atoms with Gasteiger partial charge in [-0.25, -0.2) is 13.2 Å². The Bertz CT molecular complexity index is 798. The summed E-state index contributed by atoms with van der Waals surface area (Å²) in [5.74, 6) is -2.44. The van der Waals surface area contributed by atoms with Crippen molar-refractivity contribution in [3.63, 3.8) is 0 Å². The van der Waals surface area contributed by atoms with Gasteiger partial charge in [-0.1, -0.05) is 6.92 Å². The van der Waals surface area contributed by atoms with E-state index in [1.165, 1.54) is 22.5 Å². The number of ether oxygens (including phenoxy) is 1. The van der Waals surface area contributed by atoms with Crippen LogP contribution < -0.4 is 15.4 Å². The predicted octanol–water partition coefficient (Wildman–Crippen LogP) is 2.84. The van der Waals surface area contributed by atoms with E-state index in [0.717, 1.165) is 12.8 Å². The van der Waals surface area contributed by atoms with Crippen LogP contribution in [0.5, 0.6) is 0 Å². The van der Waals surface area contributed by atoms with E-state index in [1.54, 1.807) is 0 Å². The average molecular weight is 414 g/mol. The third-order valence-electron chi connectivity index (χ3n) is 6.36. The van der Waals surface area contributed by atoms with E-state index in [0.29, 0.717) is 25.6 Å². The molecule has 4 rings (SSSR count). The molecule has 0 aromatic carbocycles. The standard InChI is InChI=1S/C20H29F3N4O2/c1-3-20(22,23)16-6-7-26-18(28)10-17(25-8-9-29-12-13(25)2)24-19(26)27(16)11-15(21)14-4-5-14/h10,13-16H,3-9,11-12H2,1-2H3. The molecule has 162 valence electrons. The van der Waals surface area contributed by atoms with Crippen LogP contribution >= 0.6 is 0 Å². The molecule has 0 N–H and O–H groups in total. The fraction of sp³-hybridized carbons (Fsp3) is 0.800. The number of hydrogen-bond acceptors (Lipinski definition) is 5. The first kappa shape index (κ1) is 20.5. The lowest BCUT2D eigenvalue weighted by molar-refractivity contribution is -0.0389. The number of anilines is 2. The minimum atomic E-state index is -2.98. The SMILES string of the molecule is CCC(F)(F)C1CCn2c(nc(N3CCOCC3C)cc2=O)N1CC(F)C1CC1. The molecule has 3 unspecified atom stereocenters. The summed E-state index contributed by atoms with van der Waals surface area (Å²) in [6.07, 6.45) is 0.142. The van der Waals surface area contributed by atoms with Gasteiger partial charge in [-0.2, -0.15) is 4.98 Å². The van der Waals surface area contributed by atoms with E-state index >= 15 is 0 Å². The lowest BCUT2D eigenvalue weighted by Gasteiger charge is -2.43. The zero-order valence-corrected chi connectivity index (χ0v) is 17.0. The minimum absolute atomic E-state index is 0.0176. The van der Waals surface area contributed by atoms with Gasteiger partial charge in [0.05, 0.1) is 31.8 Å². The van der Waals surface area contributed by atoms with Crippen molar-refractivity contribution in [3.05, 3.63) is 16.4 Å². The third kappa shape index (κ3) is 3.98. The first-order valence-electron chi connectivity index (χ1n) is 10.6. The largest absolute Gasteiger partial charge is 0.377 e. The number of fused-ring (bicyclic) bond motifs is 1. The topological polar surface area (TPSA) is 50.6 Å². The molecule has 0 amide bonds. The second-order valence-corrected chi connectivity index (χ2v) is 8.45. The molecule has 29 heavy (non-hydrogen) atoms. The molecular weight excluding hydrogens is 385 g/mol. The van der Waals surface area contributed by atoms with Crippen LogP contribution in [0, 0.1) is 5.92 Å². The van der Waals surface area contributed by atoms with Gasteiger partial charge in [0.1, 0.15) is 12.0 Å². The number of morpholine rings is 1.